The summed E-state index contributed by atoms with van der Waals surface area (Å²) >= 11 is 0. The number of hydrogen-bond donors (Lipinski definition) is 0. The molecular formula is C21H28N2O3. The highest BCUT2D eigenvalue weighted by molar-refractivity contribution is 5.55. The van der Waals surface area contributed by atoms with Crippen molar-refractivity contribution < 1.29 is 14.2 Å². The van der Waals surface area contributed by atoms with Gasteiger partial charge in [-0.1, -0.05) is 23.8 Å². The van der Waals surface area contributed by atoms with Crippen LogP contribution in [-0.4, -0.2) is 52.4 Å². The summed E-state index contributed by atoms with van der Waals surface area (Å²) in [6.07, 6.45) is 0. The highest BCUT2D eigenvalue weighted by atomic mass is 16.5. The first kappa shape index (κ1) is 18.4. The Morgan fingerprint density at radius 1 is 0.769 bits per heavy atom. The first-order valence-electron chi connectivity index (χ1n) is 8.98. The smallest absolute Gasteiger partial charge is 0.203 e. The number of piperazine rings is 1. The second kappa shape index (κ2) is 8.32. The van der Waals surface area contributed by atoms with Crippen LogP contribution < -0.4 is 19.1 Å². The van der Waals surface area contributed by atoms with Gasteiger partial charge in [0.2, 0.25) is 5.75 Å². The number of nitrogens with zero attached hydrogens (tertiary/aromatic N) is 2. The van der Waals surface area contributed by atoms with Gasteiger partial charge in [-0.25, -0.2) is 0 Å². The molecule has 0 aliphatic carbocycles. The second-order valence-electron chi connectivity index (χ2n) is 6.59. The molecule has 2 aromatic carbocycles. The summed E-state index contributed by atoms with van der Waals surface area (Å²) in [4.78, 5) is 4.90. The molecule has 1 heterocycles. The largest absolute Gasteiger partial charge is 0.493 e. The van der Waals surface area contributed by atoms with Gasteiger partial charge in [-0.3, -0.25) is 4.90 Å². The average molecular weight is 356 g/mol. The molecule has 0 aromatic heterocycles. The topological polar surface area (TPSA) is 34.2 Å². The Morgan fingerprint density at radius 2 is 1.42 bits per heavy atom. The van der Waals surface area contributed by atoms with Crippen LogP contribution in [-0.2, 0) is 6.54 Å². The van der Waals surface area contributed by atoms with Crippen molar-refractivity contribution >= 4 is 5.69 Å². The van der Waals surface area contributed by atoms with Gasteiger partial charge in [-0.15, -0.1) is 0 Å². The Morgan fingerprint density at radius 3 is 2.00 bits per heavy atom. The van der Waals surface area contributed by atoms with Crippen LogP contribution in [0.5, 0.6) is 17.2 Å². The maximum Gasteiger partial charge on any atom is 0.203 e. The maximum atomic E-state index is 5.61. The zero-order chi connectivity index (χ0) is 18.5. The summed E-state index contributed by atoms with van der Waals surface area (Å²) in [7, 11) is 4.96. The van der Waals surface area contributed by atoms with E-state index in [4.69, 9.17) is 14.2 Å². The molecule has 5 heteroatoms. The van der Waals surface area contributed by atoms with Crippen LogP contribution in [0.2, 0.25) is 0 Å². The van der Waals surface area contributed by atoms with Crippen LogP contribution in [0.15, 0.2) is 36.4 Å². The van der Waals surface area contributed by atoms with Crippen molar-refractivity contribution in [3.8, 4) is 17.2 Å². The number of anilines is 1. The number of methoxy groups -OCH3 is 3. The molecule has 0 atom stereocenters. The van der Waals surface area contributed by atoms with Crippen molar-refractivity contribution in [2.24, 2.45) is 0 Å². The maximum absolute atomic E-state index is 5.61. The minimum Gasteiger partial charge on any atom is -0.493 e. The molecule has 5 nitrogen and oxygen atoms in total. The normalized spacial score (nSPS) is 15.0. The second-order valence-corrected chi connectivity index (χ2v) is 6.59. The Balaban J connectivity index is 1.67. The van der Waals surface area contributed by atoms with Gasteiger partial charge in [0.15, 0.2) is 11.5 Å². The lowest BCUT2D eigenvalue weighted by Gasteiger charge is -2.36. The molecule has 1 aliphatic rings. The fourth-order valence-electron chi connectivity index (χ4n) is 3.45. The third-order valence-corrected chi connectivity index (χ3v) is 4.95. The Kier molecular flexibility index (Phi) is 5.89. The third kappa shape index (κ3) is 3.88. The fraction of sp³-hybridized carbons (Fsp3) is 0.429. The summed E-state index contributed by atoms with van der Waals surface area (Å²) in [6.45, 7) is 7.05. The monoisotopic (exact) mass is 356 g/mol. The van der Waals surface area contributed by atoms with E-state index in [1.165, 1.54) is 11.3 Å². The lowest BCUT2D eigenvalue weighted by Crippen LogP contribution is -2.46. The van der Waals surface area contributed by atoms with Gasteiger partial charge in [0, 0.05) is 44.0 Å². The zero-order valence-corrected chi connectivity index (χ0v) is 16.1. The van der Waals surface area contributed by atoms with Crippen molar-refractivity contribution in [3.63, 3.8) is 0 Å². The van der Waals surface area contributed by atoms with Crippen LogP contribution >= 0.6 is 0 Å². The van der Waals surface area contributed by atoms with Gasteiger partial charge in [0.25, 0.3) is 0 Å². The summed E-state index contributed by atoms with van der Waals surface area (Å²) < 4.78 is 16.5. The summed E-state index contributed by atoms with van der Waals surface area (Å²) in [5.41, 5.74) is 3.72. The molecule has 0 saturated carbocycles. The van der Waals surface area contributed by atoms with Crippen molar-refractivity contribution in [2.75, 3.05) is 52.4 Å². The van der Waals surface area contributed by atoms with Gasteiger partial charge in [-0.2, -0.15) is 0 Å². The average Bonchev–Trinajstić information content (AvgIpc) is 2.68. The van der Waals surface area contributed by atoms with Crippen molar-refractivity contribution in [2.45, 2.75) is 13.5 Å². The molecule has 3 rings (SSSR count). The lowest BCUT2D eigenvalue weighted by molar-refractivity contribution is 0.244. The molecule has 2 aromatic rings. The van der Waals surface area contributed by atoms with Gasteiger partial charge in [0.1, 0.15) is 0 Å². The minimum atomic E-state index is 0.658. The van der Waals surface area contributed by atoms with Crippen molar-refractivity contribution in [1.29, 1.82) is 0 Å². The summed E-state index contributed by atoms with van der Waals surface area (Å²) in [5.74, 6) is 2.11. The quantitative estimate of drug-likeness (QED) is 0.793. The highest BCUT2D eigenvalue weighted by Gasteiger charge is 2.21. The van der Waals surface area contributed by atoms with Gasteiger partial charge in [-0.05, 0) is 25.1 Å². The van der Waals surface area contributed by atoms with Crippen LogP contribution in [0.1, 0.15) is 11.1 Å². The van der Waals surface area contributed by atoms with Crippen molar-refractivity contribution in [1.82, 2.24) is 4.90 Å². The van der Waals surface area contributed by atoms with E-state index in [-0.39, 0.29) is 0 Å². The van der Waals surface area contributed by atoms with E-state index < -0.39 is 0 Å². The van der Waals surface area contributed by atoms with Gasteiger partial charge >= 0.3 is 0 Å². The molecule has 0 spiro atoms. The first-order valence-corrected chi connectivity index (χ1v) is 8.98. The molecule has 0 radical (unpaired) electrons. The number of ether oxygens (including phenoxy) is 3. The number of aryl methyl sites for hydroxylation is 1. The van der Waals surface area contributed by atoms with Crippen LogP contribution in [0, 0.1) is 6.92 Å². The molecule has 0 amide bonds. The molecule has 140 valence electrons. The van der Waals surface area contributed by atoms with Crippen molar-refractivity contribution in [3.05, 3.63) is 47.5 Å². The van der Waals surface area contributed by atoms with Crippen LogP contribution in [0.4, 0.5) is 5.69 Å². The highest BCUT2D eigenvalue weighted by Crippen LogP contribution is 2.40. The first-order chi connectivity index (χ1) is 12.7. The van der Waals surface area contributed by atoms with E-state index in [0.717, 1.165) is 44.0 Å². The third-order valence-electron chi connectivity index (χ3n) is 4.95. The number of hydrogen-bond acceptors (Lipinski definition) is 5. The number of rotatable bonds is 6. The fourth-order valence-corrected chi connectivity index (χ4v) is 3.45. The molecule has 1 fully saturated rings. The molecule has 26 heavy (non-hydrogen) atoms. The standard InChI is InChI=1S/C21H28N2O3/c1-16-5-8-18(9-6-16)23-13-11-22(12-14-23)15-17-7-10-19(24-2)21(26-4)20(17)25-3/h5-10H,11-15H2,1-4H3. The predicted octanol–water partition coefficient (Wildman–Crippen LogP) is 3.34. The Hall–Kier alpha value is -2.40. The zero-order valence-electron chi connectivity index (χ0n) is 16.1. The Bertz CT molecular complexity index is 723. The number of benzene rings is 2. The van der Waals surface area contributed by atoms with E-state index in [1.807, 2.05) is 6.07 Å². The molecule has 0 bridgehead atoms. The minimum absolute atomic E-state index is 0.658. The van der Waals surface area contributed by atoms with Gasteiger partial charge < -0.3 is 19.1 Å². The van der Waals surface area contributed by atoms with Crippen LogP contribution in [0.25, 0.3) is 0 Å². The van der Waals surface area contributed by atoms with E-state index in [2.05, 4.69) is 47.1 Å². The molecule has 1 saturated heterocycles. The molecular weight excluding hydrogens is 328 g/mol. The van der Waals surface area contributed by atoms with E-state index in [1.54, 1.807) is 21.3 Å². The van der Waals surface area contributed by atoms with E-state index in [9.17, 15) is 0 Å². The lowest BCUT2D eigenvalue weighted by atomic mass is 10.1. The molecule has 1 aliphatic heterocycles. The molecule has 0 N–H and O–H groups in total. The van der Waals surface area contributed by atoms with Gasteiger partial charge in [0.05, 0.1) is 21.3 Å². The summed E-state index contributed by atoms with van der Waals surface area (Å²) in [6, 6.07) is 12.8. The van der Waals surface area contributed by atoms with Crippen LogP contribution in [0.3, 0.4) is 0 Å². The van der Waals surface area contributed by atoms with E-state index >= 15 is 0 Å². The molecule has 0 unspecified atom stereocenters. The summed E-state index contributed by atoms with van der Waals surface area (Å²) in [5, 5.41) is 0. The SMILES string of the molecule is COc1ccc(CN2CCN(c3ccc(C)cc3)CC2)c(OC)c1OC. The van der Waals surface area contributed by atoms with E-state index in [0.29, 0.717) is 11.5 Å². The predicted molar refractivity (Wildman–Crippen MR) is 105 cm³/mol. The Labute approximate surface area is 156 Å².